The minimum Gasteiger partial charge on any atom is -0.545 e. The fourth-order valence-corrected chi connectivity index (χ4v) is 2.02. The van der Waals surface area contributed by atoms with Crippen LogP contribution < -0.4 is 5.11 Å². The van der Waals surface area contributed by atoms with Crippen LogP contribution in [0.2, 0.25) is 0 Å². The summed E-state index contributed by atoms with van der Waals surface area (Å²) in [4.78, 5) is 33.7. The van der Waals surface area contributed by atoms with E-state index in [1.807, 2.05) is 12.1 Å². The topological polar surface area (TPSA) is 74.3 Å². The van der Waals surface area contributed by atoms with Crippen LogP contribution in [0.1, 0.15) is 31.1 Å². The van der Waals surface area contributed by atoms with E-state index in [1.54, 1.807) is 66.7 Å². The van der Waals surface area contributed by atoms with Crippen molar-refractivity contribution in [2.75, 3.05) is 0 Å². The van der Waals surface area contributed by atoms with Gasteiger partial charge in [0.1, 0.15) is 0 Å². The molecule has 4 nitrogen and oxygen atoms in total. The Morgan fingerprint density at radius 3 is 1.00 bits per heavy atom. The van der Waals surface area contributed by atoms with E-state index >= 15 is 0 Å². The number of hydrogen-bond donors (Lipinski definition) is 0. The van der Waals surface area contributed by atoms with Gasteiger partial charge < -0.3 is 9.90 Å². The Labute approximate surface area is 145 Å². The van der Waals surface area contributed by atoms with Gasteiger partial charge >= 0.3 is 0 Å². The highest BCUT2D eigenvalue weighted by Gasteiger charge is 2.16. The number of benzene rings is 3. The summed E-state index contributed by atoms with van der Waals surface area (Å²) in [5.41, 5.74) is 1.07. The molecule has 3 aromatic carbocycles. The Kier molecular flexibility index (Phi) is 6.37. The average Bonchev–Trinajstić information content (AvgIpc) is 2.69. The molecular formula is C21H15O4-. The quantitative estimate of drug-likeness (QED) is 0.544. The smallest absolute Gasteiger partial charge is 0.233 e. The lowest BCUT2D eigenvalue weighted by atomic mass is 10.0. The Morgan fingerprint density at radius 2 is 0.760 bits per heavy atom. The summed E-state index contributed by atoms with van der Waals surface area (Å²) < 4.78 is 0. The van der Waals surface area contributed by atoms with Gasteiger partial charge in [-0.05, 0) is 5.56 Å². The summed E-state index contributed by atoms with van der Waals surface area (Å²) >= 11 is 0. The van der Waals surface area contributed by atoms with Gasteiger partial charge in [0.25, 0.3) is 0 Å². The standard InChI is InChI=1S/C14H10O2.C7H6O2/c15-13(11-7-3-1-4-8-11)14(16)12-9-5-2-6-10-12;8-7(9)6-4-2-1-3-5-6/h1-10H;1-5H,(H,8,9)/p-1. The lowest BCUT2D eigenvalue weighted by Crippen LogP contribution is -2.21. The van der Waals surface area contributed by atoms with Gasteiger partial charge in [-0.2, -0.15) is 0 Å². The first kappa shape index (κ1) is 17.8. The van der Waals surface area contributed by atoms with E-state index in [2.05, 4.69) is 0 Å². The summed E-state index contributed by atoms with van der Waals surface area (Å²) in [6.07, 6.45) is 0. The van der Waals surface area contributed by atoms with E-state index in [9.17, 15) is 19.5 Å². The fraction of sp³-hybridized carbons (Fsp3) is 0. The third-order valence-electron chi connectivity index (χ3n) is 3.29. The molecule has 0 saturated carbocycles. The zero-order valence-electron chi connectivity index (χ0n) is 13.3. The van der Waals surface area contributed by atoms with Crippen LogP contribution in [0.25, 0.3) is 0 Å². The first-order valence-corrected chi connectivity index (χ1v) is 7.55. The predicted octanol–water partition coefficient (Wildman–Crippen LogP) is 2.80. The SMILES string of the molecule is O=C(C(=O)c1ccccc1)c1ccccc1.O=C([O-])c1ccccc1. The average molecular weight is 331 g/mol. The second-order valence-corrected chi connectivity index (χ2v) is 5.04. The Morgan fingerprint density at radius 1 is 0.480 bits per heavy atom. The van der Waals surface area contributed by atoms with Gasteiger partial charge in [0.2, 0.25) is 11.6 Å². The highest BCUT2D eigenvalue weighted by molar-refractivity contribution is 6.49. The number of carbonyl (C=O) groups excluding carboxylic acids is 3. The molecule has 0 radical (unpaired) electrons. The van der Waals surface area contributed by atoms with Crippen LogP contribution in [-0.2, 0) is 0 Å². The molecule has 0 amide bonds. The maximum absolute atomic E-state index is 11.8. The second-order valence-electron chi connectivity index (χ2n) is 5.04. The summed E-state index contributed by atoms with van der Waals surface area (Å²) in [6.45, 7) is 0. The van der Waals surface area contributed by atoms with Crippen molar-refractivity contribution in [1.82, 2.24) is 0 Å². The third kappa shape index (κ3) is 5.25. The molecule has 0 aromatic heterocycles. The van der Waals surface area contributed by atoms with Crippen molar-refractivity contribution in [3.05, 3.63) is 108 Å². The lowest BCUT2D eigenvalue weighted by molar-refractivity contribution is -0.255. The minimum absolute atomic E-state index is 0.220. The summed E-state index contributed by atoms with van der Waals surface area (Å²) in [7, 11) is 0. The molecule has 0 aliphatic rings. The van der Waals surface area contributed by atoms with Crippen molar-refractivity contribution in [2.24, 2.45) is 0 Å². The molecule has 0 spiro atoms. The summed E-state index contributed by atoms with van der Waals surface area (Å²) in [6, 6.07) is 25.2. The van der Waals surface area contributed by atoms with Gasteiger partial charge in [-0.1, -0.05) is 91.0 Å². The summed E-state index contributed by atoms with van der Waals surface area (Å²) in [5.74, 6) is -2.06. The Balaban J connectivity index is 0.000000212. The van der Waals surface area contributed by atoms with Crippen molar-refractivity contribution >= 4 is 17.5 Å². The zero-order valence-corrected chi connectivity index (χ0v) is 13.3. The molecule has 0 bridgehead atoms. The zero-order chi connectivity index (χ0) is 18.1. The van der Waals surface area contributed by atoms with Crippen molar-refractivity contribution in [3.63, 3.8) is 0 Å². The number of carboxylic acids is 1. The van der Waals surface area contributed by atoms with Crippen molar-refractivity contribution in [2.45, 2.75) is 0 Å². The molecule has 4 heteroatoms. The number of hydrogen-bond acceptors (Lipinski definition) is 4. The van der Waals surface area contributed by atoms with Crippen molar-refractivity contribution in [1.29, 1.82) is 0 Å². The van der Waals surface area contributed by atoms with Gasteiger partial charge in [-0.3, -0.25) is 9.59 Å². The molecule has 0 aliphatic carbocycles. The van der Waals surface area contributed by atoms with Gasteiger partial charge in [-0.25, -0.2) is 0 Å². The van der Waals surface area contributed by atoms with Crippen molar-refractivity contribution < 1.29 is 19.5 Å². The molecule has 0 fully saturated rings. The molecular weight excluding hydrogens is 316 g/mol. The van der Waals surface area contributed by atoms with Crippen LogP contribution >= 0.6 is 0 Å². The number of ketones is 2. The lowest BCUT2D eigenvalue weighted by Gasteiger charge is -1.99. The molecule has 3 rings (SSSR count). The molecule has 3 aromatic rings. The van der Waals surface area contributed by atoms with Crippen LogP contribution in [0.15, 0.2) is 91.0 Å². The van der Waals surface area contributed by atoms with E-state index < -0.39 is 17.5 Å². The van der Waals surface area contributed by atoms with E-state index in [1.165, 1.54) is 12.1 Å². The van der Waals surface area contributed by atoms with Gasteiger partial charge in [0.05, 0.1) is 5.97 Å². The van der Waals surface area contributed by atoms with E-state index in [0.717, 1.165) is 0 Å². The number of aromatic carboxylic acids is 1. The Bertz CT molecular complexity index is 791. The molecule has 25 heavy (non-hydrogen) atoms. The van der Waals surface area contributed by atoms with E-state index in [4.69, 9.17) is 0 Å². The molecule has 0 unspecified atom stereocenters. The number of Topliss-reactive ketones (excluding diaryl/α,β-unsaturated/α-hetero) is 2. The predicted molar refractivity (Wildman–Crippen MR) is 92.3 cm³/mol. The van der Waals surface area contributed by atoms with Crippen molar-refractivity contribution in [3.8, 4) is 0 Å². The van der Waals surface area contributed by atoms with Crippen LogP contribution in [0.5, 0.6) is 0 Å². The first-order chi connectivity index (χ1) is 12.1. The largest absolute Gasteiger partial charge is 0.545 e. The van der Waals surface area contributed by atoms with Crippen LogP contribution in [0, 0.1) is 0 Å². The molecule has 0 atom stereocenters. The molecule has 0 saturated heterocycles. The molecule has 124 valence electrons. The maximum Gasteiger partial charge on any atom is 0.233 e. The van der Waals surface area contributed by atoms with Gasteiger partial charge in [-0.15, -0.1) is 0 Å². The fourth-order valence-electron chi connectivity index (χ4n) is 2.02. The molecule has 0 N–H and O–H groups in total. The minimum atomic E-state index is -1.13. The summed E-state index contributed by atoms with van der Waals surface area (Å²) in [5, 5.41) is 10.1. The Hall–Kier alpha value is -3.53. The highest BCUT2D eigenvalue weighted by Crippen LogP contribution is 2.07. The highest BCUT2D eigenvalue weighted by atomic mass is 16.4. The van der Waals surface area contributed by atoms with Gasteiger partial charge in [0, 0.05) is 11.1 Å². The number of carboxylic acid groups (broad SMARTS) is 1. The second kappa shape index (κ2) is 8.93. The van der Waals surface area contributed by atoms with Crippen LogP contribution in [0.4, 0.5) is 0 Å². The van der Waals surface area contributed by atoms with Crippen LogP contribution in [0.3, 0.4) is 0 Å². The first-order valence-electron chi connectivity index (χ1n) is 7.55. The van der Waals surface area contributed by atoms with E-state index in [-0.39, 0.29) is 5.56 Å². The molecule has 0 aliphatic heterocycles. The normalized spacial score (nSPS) is 9.44. The number of rotatable bonds is 4. The van der Waals surface area contributed by atoms with Crippen LogP contribution in [-0.4, -0.2) is 17.5 Å². The van der Waals surface area contributed by atoms with Gasteiger partial charge in [0.15, 0.2) is 0 Å². The monoisotopic (exact) mass is 331 g/mol. The third-order valence-corrected chi connectivity index (χ3v) is 3.29. The van der Waals surface area contributed by atoms with E-state index in [0.29, 0.717) is 11.1 Å². The number of carbonyl (C=O) groups is 3. The molecule has 0 heterocycles. The maximum atomic E-state index is 11.8.